The highest BCUT2D eigenvalue weighted by Crippen LogP contribution is 2.59. The Morgan fingerprint density at radius 2 is 1.73 bits per heavy atom. The van der Waals surface area contributed by atoms with E-state index in [0.717, 1.165) is 55.1 Å². The quantitative estimate of drug-likeness (QED) is 0.292. The van der Waals surface area contributed by atoms with Gasteiger partial charge in [0.2, 0.25) is 0 Å². The average molecular weight is 580 g/mol. The fourth-order valence-electron chi connectivity index (χ4n) is 7.67. The molecular formula is C31H34FN3O5S. The summed E-state index contributed by atoms with van der Waals surface area (Å²) in [6.45, 7) is 0. The lowest BCUT2D eigenvalue weighted by Gasteiger charge is -2.38. The summed E-state index contributed by atoms with van der Waals surface area (Å²) in [6.07, 6.45) is 12.5. The van der Waals surface area contributed by atoms with Crippen LogP contribution in [0.25, 0.3) is 10.2 Å². The van der Waals surface area contributed by atoms with Crippen molar-refractivity contribution in [1.29, 1.82) is 0 Å². The van der Waals surface area contributed by atoms with E-state index in [1.54, 1.807) is 6.07 Å². The van der Waals surface area contributed by atoms with E-state index in [9.17, 15) is 14.0 Å². The number of aromatic nitrogens is 2. The van der Waals surface area contributed by atoms with Gasteiger partial charge in [-0.2, -0.15) is 0 Å². The Hall–Kier alpha value is -3.01. The highest BCUT2D eigenvalue weighted by molar-refractivity contribution is 7.22. The molecule has 41 heavy (non-hydrogen) atoms. The van der Waals surface area contributed by atoms with Crippen molar-refractivity contribution in [3.63, 3.8) is 0 Å². The lowest BCUT2D eigenvalue weighted by Crippen LogP contribution is -2.46. The van der Waals surface area contributed by atoms with Gasteiger partial charge in [0, 0.05) is 36.8 Å². The SMILES string of the molecule is COC(=O)c1cc(F)c2nc(N3[C@@H]4CC[C@H]3C[C@H](OC(=O)c3c(C5CCC6(CC5)CC6)noc3C3CC3)C4)sc2c1. The highest BCUT2D eigenvalue weighted by Gasteiger charge is 2.48. The van der Waals surface area contributed by atoms with E-state index in [1.807, 2.05) is 0 Å². The summed E-state index contributed by atoms with van der Waals surface area (Å²) < 4.78 is 32.3. The van der Waals surface area contributed by atoms with E-state index in [0.29, 0.717) is 28.5 Å². The zero-order valence-corrected chi connectivity index (χ0v) is 24.0. The number of hydrogen-bond donors (Lipinski definition) is 0. The first-order valence-corrected chi connectivity index (χ1v) is 15.9. The van der Waals surface area contributed by atoms with Crippen LogP contribution in [0.15, 0.2) is 16.7 Å². The minimum atomic E-state index is -0.570. The van der Waals surface area contributed by atoms with Crippen LogP contribution in [0.4, 0.5) is 9.52 Å². The van der Waals surface area contributed by atoms with Gasteiger partial charge < -0.3 is 18.9 Å². The van der Waals surface area contributed by atoms with Gasteiger partial charge in [-0.15, -0.1) is 0 Å². The number of carbonyl (C=O) groups is 2. The normalized spacial score (nSPS) is 27.0. The molecule has 0 amide bonds. The van der Waals surface area contributed by atoms with E-state index in [4.69, 9.17) is 14.0 Å². The maximum absolute atomic E-state index is 14.8. The van der Waals surface area contributed by atoms with E-state index in [2.05, 4.69) is 15.0 Å². The molecule has 2 aliphatic heterocycles. The van der Waals surface area contributed by atoms with E-state index >= 15 is 0 Å². The third kappa shape index (κ3) is 4.44. The molecule has 8 rings (SSSR count). The summed E-state index contributed by atoms with van der Waals surface area (Å²) in [6, 6.07) is 3.15. The van der Waals surface area contributed by atoms with Crippen molar-refractivity contribution in [3.8, 4) is 0 Å². The number of benzene rings is 1. The number of piperidine rings is 1. The van der Waals surface area contributed by atoms with E-state index in [-0.39, 0.29) is 47.1 Å². The number of hydrogen-bond acceptors (Lipinski definition) is 9. The van der Waals surface area contributed by atoms with E-state index in [1.165, 1.54) is 50.2 Å². The zero-order chi connectivity index (χ0) is 27.9. The fourth-order valence-corrected chi connectivity index (χ4v) is 8.84. The molecule has 3 aromatic rings. The van der Waals surface area contributed by atoms with Crippen molar-refractivity contribution >= 4 is 38.6 Å². The summed E-state index contributed by atoms with van der Waals surface area (Å²) in [5.74, 6) is -0.0704. The van der Waals surface area contributed by atoms with Gasteiger partial charge in [-0.3, -0.25) is 0 Å². The average Bonchev–Trinajstić information content (AvgIpc) is 3.84. The molecule has 2 bridgehead atoms. The number of anilines is 1. The Morgan fingerprint density at radius 3 is 2.39 bits per heavy atom. The maximum Gasteiger partial charge on any atom is 0.344 e. The number of ether oxygens (including phenoxy) is 2. The van der Waals surface area contributed by atoms with Crippen molar-refractivity contribution in [1.82, 2.24) is 10.1 Å². The molecule has 0 unspecified atom stereocenters. The van der Waals surface area contributed by atoms with Gasteiger partial charge in [-0.25, -0.2) is 19.0 Å². The lowest BCUT2D eigenvalue weighted by atomic mass is 9.77. The predicted molar refractivity (Wildman–Crippen MR) is 150 cm³/mol. The van der Waals surface area contributed by atoms with Crippen molar-refractivity contribution < 1.29 is 28.0 Å². The summed E-state index contributed by atoms with van der Waals surface area (Å²) >= 11 is 1.39. The molecule has 4 heterocycles. The predicted octanol–water partition coefficient (Wildman–Crippen LogP) is 6.88. The highest BCUT2D eigenvalue weighted by atomic mass is 32.1. The molecule has 0 N–H and O–H groups in total. The lowest BCUT2D eigenvalue weighted by molar-refractivity contribution is 0.0199. The molecule has 1 spiro atoms. The Labute approximate surface area is 241 Å². The minimum absolute atomic E-state index is 0.160. The largest absolute Gasteiger partial charge is 0.465 e. The molecule has 2 aromatic heterocycles. The van der Waals surface area contributed by atoms with Gasteiger partial charge in [0.05, 0.1) is 17.4 Å². The van der Waals surface area contributed by atoms with Crippen LogP contribution in [0.3, 0.4) is 0 Å². The monoisotopic (exact) mass is 579 g/mol. The first-order valence-electron chi connectivity index (χ1n) is 15.1. The van der Waals surface area contributed by atoms with Crippen LogP contribution >= 0.6 is 11.3 Å². The number of fused-ring (bicyclic) bond motifs is 3. The second-order valence-corrected chi connectivity index (χ2v) is 13.9. The first kappa shape index (κ1) is 25.7. The van der Waals surface area contributed by atoms with Crippen molar-refractivity contribution in [2.75, 3.05) is 12.0 Å². The third-order valence-electron chi connectivity index (χ3n) is 10.3. The minimum Gasteiger partial charge on any atom is -0.465 e. The Balaban J connectivity index is 0.999. The third-order valence-corrected chi connectivity index (χ3v) is 11.3. The maximum atomic E-state index is 14.8. The molecule has 0 radical (unpaired) electrons. The standard InChI is InChI=1S/C31H34FN3O5S/c1-38-28(36)18-12-22(32)26-23(13-18)41-30(33-26)35-19-4-5-20(35)15-21(14-19)39-29(37)24-25(34-40-27(24)17-2-3-17)16-6-8-31(9-7-16)10-11-31/h12-13,16-17,19-21H,2-11,14-15H2,1H3/t19-,20+,21-. The Bertz CT molecular complexity index is 1520. The summed E-state index contributed by atoms with van der Waals surface area (Å²) in [5, 5.41) is 5.23. The fraction of sp³-hybridized carbons (Fsp3) is 0.613. The molecule has 10 heteroatoms. The molecule has 216 valence electrons. The molecule has 1 aromatic carbocycles. The number of nitrogens with zero attached hydrogens (tertiary/aromatic N) is 3. The second kappa shape index (κ2) is 9.51. The first-order chi connectivity index (χ1) is 19.9. The second-order valence-electron chi connectivity index (χ2n) is 12.9. The Kier molecular flexibility index (Phi) is 5.95. The number of rotatable bonds is 6. The molecule has 5 aliphatic rings. The van der Waals surface area contributed by atoms with Crippen molar-refractivity contribution in [3.05, 3.63) is 40.5 Å². The van der Waals surface area contributed by atoms with Crippen LogP contribution < -0.4 is 4.90 Å². The number of thiazole rings is 1. The van der Waals surface area contributed by atoms with Gasteiger partial charge in [-0.1, -0.05) is 16.5 Å². The zero-order valence-electron chi connectivity index (χ0n) is 23.2. The number of esters is 2. The number of methoxy groups -OCH3 is 1. The molecule has 3 atom stereocenters. The molecule has 2 saturated heterocycles. The Morgan fingerprint density at radius 1 is 1.00 bits per heavy atom. The smallest absolute Gasteiger partial charge is 0.344 e. The molecule has 8 nitrogen and oxygen atoms in total. The summed E-state index contributed by atoms with van der Waals surface area (Å²) in [4.78, 5) is 32.6. The van der Waals surface area contributed by atoms with Crippen LogP contribution in [-0.4, -0.2) is 47.4 Å². The topological polar surface area (TPSA) is 94.8 Å². The van der Waals surface area contributed by atoms with Gasteiger partial charge in [0.15, 0.2) is 16.7 Å². The van der Waals surface area contributed by atoms with Crippen molar-refractivity contribution in [2.24, 2.45) is 5.41 Å². The van der Waals surface area contributed by atoms with E-state index < -0.39 is 11.8 Å². The molecule has 5 fully saturated rings. The van der Waals surface area contributed by atoms with Gasteiger partial charge in [0.25, 0.3) is 0 Å². The number of carbonyl (C=O) groups excluding carboxylic acids is 2. The van der Waals surface area contributed by atoms with Crippen LogP contribution in [0, 0.1) is 11.2 Å². The van der Waals surface area contributed by atoms with Crippen molar-refractivity contribution in [2.45, 2.75) is 107 Å². The van der Waals surface area contributed by atoms with Crippen LogP contribution in [-0.2, 0) is 9.47 Å². The molecular weight excluding hydrogens is 545 g/mol. The summed E-state index contributed by atoms with van der Waals surface area (Å²) in [5.41, 5.74) is 2.47. The van der Waals surface area contributed by atoms with Crippen LogP contribution in [0.5, 0.6) is 0 Å². The molecule has 3 saturated carbocycles. The number of halogens is 1. The van der Waals surface area contributed by atoms with Crippen LogP contribution in [0.2, 0.25) is 0 Å². The van der Waals surface area contributed by atoms with Crippen LogP contribution in [0.1, 0.15) is 121 Å². The van der Waals surface area contributed by atoms with Gasteiger partial charge in [0.1, 0.15) is 22.9 Å². The van der Waals surface area contributed by atoms with Gasteiger partial charge >= 0.3 is 11.9 Å². The summed E-state index contributed by atoms with van der Waals surface area (Å²) in [7, 11) is 1.28. The molecule has 3 aliphatic carbocycles. The van der Waals surface area contributed by atoms with Gasteiger partial charge in [-0.05, 0) is 81.8 Å².